The number of nitrogens with one attached hydrogen (secondary N) is 1. The minimum absolute atomic E-state index is 0.0312. The average molecular weight is 476 g/mol. The number of methoxy groups -OCH3 is 1. The highest BCUT2D eigenvalue weighted by molar-refractivity contribution is 7.55. The first-order valence-electron chi connectivity index (χ1n) is 8.51. The summed E-state index contributed by atoms with van der Waals surface area (Å²) in [5.74, 6) is -3.27. The molecule has 0 saturated carbocycles. The van der Waals surface area contributed by atoms with E-state index in [1.807, 2.05) is 30.3 Å². The first kappa shape index (κ1) is 24.2. The van der Waals surface area contributed by atoms with Gasteiger partial charge in [0.25, 0.3) is 5.91 Å². The molecule has 1 atom stereocenters. The number of halogens is 2. The maximum atomic E-state index is 12.7. The standard InChI is InChI=1S/C19H20Cl2NO7P/c1-26-19(24)18(30(25,27-2)28-3)22-17(23)16-14(20)9-13(10-15(16)21)29-11-12-7-5-4-6-8-12/h4-10,18H,11H2,1-3H3,(H,22,23). The van der Waals surface area contributed by atoms with E-state index in [4.69, 9.17) is 37.0 Å². The van der Waals surface area contributed by atoms with Crippen molar-refractivity contribution in [3.05, 3.63) is 63.6 Å². The van der Waals surface area contributed by atoms with Crippen molar-refractivity contribution >= 4 is 42.7 Å². The van der Waals surface area contributed by atoms with Crippen molar-refractivity contribution in [1.82, 2.24) is 5.32 Å². The highest BCUT2D eigenvalue weighted by Gasteiger charge is 2.42. The van der Waals surface area contributed by atoms with Crippen molar-refractivity contribution in [3.8, 4) is 5.75 Å². The third-order valence-electron chi connectivity index (χ3n) is 4.01. The van der Waals surface area contributed by atoms with Crippen LogP contribution in [-0.4, -0.2) is 39.0 Å². The summed E-state index contributed by atoms with van der Waals surface area (Å²) < 4.78 is 32.4. The van der Waals surface area contributed by atoms with Gasteiger partial charge >= 0.3 is 13.6 Å². The van der Waals surface area contributed by atoms with Crippen LogP contribution in [0.4, 0.5) is 0 Å². The van der Waals surface area contributed by atoms with Crippen molar-refractivity contribution in [1.29, 1.82) is 0 Å². The van der Waals surface area contributed by atoms with Crippen LogP contribution in [0.15, 0.2) is 42.5 Å². The number of hydrogen-bond acceptors (Lipinski definition) is 7. The smallest absolute Gasteiger partial charge is 0.363 e. The molecule has 0 saturated heterocycles. The molecule has 0 radical (unpaired) electrons. The van der Waals surface area contributed by atoms with E-state index in [0.717, 1.165) is 26.9 Å². The van der Waals surface area contributed by atoms with Crippen molar-refractivity contribution in [3.63, 3.8) is 0 Å². The third-order valence-corrected chi connectivity index (χ3v) is 6.59. The van der Waals surface area contributed by atoms with Crippen LogP contribution in [0.5, 0.6) is 5.75 Å². The number of hydrogen-bond donors (Lipinski definition) is 1. The first-order valence-corrected chi connectivity index (χ1v) is 10.9. The highest BCUT2D eigenvalue weighted by Crippen LogP contribution is 2.51. The van der Waals surface area contributed by atoms with Crippen LogP contribution in [0.2, 0.25) is 10.0 Å². The first-order chi connectivity index (χ1) is 14.3. The third kappa shape index (κ3) is 5.74. The highest BCUT2D eigenvalue weighted by atomic mass is 35.5. The molecule has 0 heterocycles. The maximum absolute atomic E-state index is 12.7. The molecule has 11 heteroatoms. The molecular formula is C19H20Cl2NO7P. The molecule has 2 aromatic rings. The molecule has 2 aromatic carbocycles. The monoisotopic (exact) mass is 475 g/mol. The molecule has 8 nitrogen and oxygen atoms in total. The van der Waals surface area contributed by atoms with E-state index in [-0.39, 0.29) is 22.2 Å². The van der Waals surface area contributed by atoms with E-state index >= 15 is 0 Å². The largest absolute Gasteiger partial charge is 0.489 e. The van der Waals surface area contributed by atoms with Gasteiger partial charge in [-0.3, -0.25) is 9.36 Å². The van der Waals surface area contributed by atoms with Crippen LogP contribution in [0, 0.1) is 0 Å². The number of carbonyl (C=O) groups is 2. The van der Waals surface area contributed by atoms with Gasteiger partial charge in [-0.05, 0) is 17.7 Å². The lowest BCUT2D eigenvalue weighted by Gasteiger charge is -2.23. The van der Waals surface area contributed by atoms with Crippen molar-refractivity contribution in [2.24, 2.45) is 0 Å². The van der Waals surface area contributed by atoms with E-state index in [2.05, 4.69) is 10.1 Å². The van der Waals surface area contributed by atoms with Crippen molar-refractivity contribution < 1.29 is 32.7 Å². The summed E-state index contributed by atoms with van der Waals surface area (Å²) in [5, 5.41) is 2.19. The van der Waals surface area contributed by atoms with Gasteiger partial charge in [-0.1, -0.05) is 53.5 Å². The van der Waals surface area contributed by atoms with Crippen LogP contribution in [0.3, 0.4) is 0 Å². The second kappa shape index (κ2) is 10.8. The predicted molar refractivity (Wildman–Crippen MR) is 112 cm³/mol. The Labute approximate surface area is 183 Å². The second-order valence-electron chi connectivity index (χ2n) is 5.84. The lowest BCUT2D eigenvalue weighted by molar-refractivity contribution is -0.141. The van der Waals surface area contributed by atoms with Gasteiger partial charge < -0.3 is 23.8 Å². The Bertz CT molecular complexity index is 924. The Morgan fingerprint density at radius 1 is 1.03 bits per heavy atom. The SMILES string of the molecule is COC(=O)C(NC(=O)c1c(Cl)cc(OCc2ccccc2)cc1Cl)P(=O)(OC)OC. The lowest BCUT2D eigenvalue weighted by atomic mass is 10.2. The Balaban J connectivity index is 2.24. The van der Waals surface area contributed by atoms with Gasteiger partial charge in [0.15, 0.2) is 0 Å². The van der Waals surface area contributed by atoms with E-state index in [1.165, 1.54) is 12.1 Å². The van der Waals surface area contributed by atoms with E-state index in [9.17, 15) is 14.2 Å². The quantitative estimate of drug-likeness (QED) is 0.426. The van der Waals surface area contributed by atoms with E-state index in [0.29, 0.717) is 5.75 Å². The minimum atomic E-state index is -4.04. The van der Waals surface area contributed by atoms with Crippen molar-refractivity contribution in [2.75, 3.05) is 21.3 Å². The van der Waals surface area contributed by atoms with Gasteiger partial charge in [-0.25, -0.2) is 4.79 Å². The molecule has 0 bridgehead atoms. The topological polar surface area (TPSA) is 100 Å². The molecule has 162 valence electrons. The molecule has 0 aliphatic carbocycles. The minimum Gasteiger partial charge on any atom is -0.489 e. The van der Waals surface area contributed by atoms with Gasteiger partial charge in [0, 0.05) is 14.2 Å². The molecule has 1 unspecified atom stereocenters. The zero-order chi connectivity index (χ0) is 22.3. The summed E-state index contributed by atoms with van der Waals surface area (Å²) in [6.45, 7) is 0.272. The normalized spacial score (nSPS) is 12.2. The fourth-order valence-electron chi connectivity index (χ4n) is 2.45. The molecular weight excluding hydrogens is 456 g/mol. The number of ether oxygens (including phenoxy) is 2. The number of amides is 1. The Kier molecular flexibility index (Phi) is 8.70. The summed E-state index contributed by atoms with van der Waals surface area (Å²) in [4.78, 5) is 24.8. The number of benzene rings is 2. The molecule has 0 aromatic heterocycles. The summed E-state index contributed by atoms with van der Waals surface area (Å²) in [6, 6.07) is 12.2. The fraction of sp³-hybridized carbons (Fsp3) is 0.263. The van der Waals surface area contributed by atoms with Gasteiger partial charge in [0.2, 0.25) is 5.78 Å². The molecule has 2 rings (SSSR count). The summed E-state index contributed by atoms with van der Waals surface area (Å²) in [7, 11) is -0.825. The Morgan fingerprint density at radius 3 is 2.10 bits per heavy atom. The maximum Gasteiger partial charge on any atom is 0.363 e. The predicted octanol–water partition coefficient (Wildman–Crippen LogP) is 4.29. The Hall–Kier alpha value is -2.09. The molecule has 30 heavy (non-hydrogen) atoms. The molecule has 0 aliphatic heterocycles. The second-order valence-corrected chi connectivity index (χ2v) is 8.98. The van der Waals surface area contributed by atoms with Crippen LogP contribution >= 0.6 is 30.8 Å². The molecule has 0 spiro atoms. The Morgan fingerprint density at radius 2 is 1.60 bits per heavy atom. The summed E-state index contributed by atoms with van der Waals surface area (Å²) in [5.41, 5.74) is 0.792. The van der Waals surface area contributed by atoms with Crippen LogP contribution in [0.25, 0.3) is 0 Å². The summed E-state index contributed by atoms with van der Waals surface area (Å²) in [6.07, 6.45) is 0. The average Bonchev–Trinajstić information content (AvgIpc) is 2.75. The zero-order valence-corrected chi connectivity index (χ0v) is 18.8. The summed E-state index contributed by atoms with van der Waals surface area (Å²) >= 11 is 12.4. The van der Waals surface area contributed by atoms with E-state index < -0.39 is 25.3 Å². The van der Waals surface area contributed by atoms with Crippen LogP contribution < -0.4 is 10.1 Å². The number of esters is 1. The molecule has 1 amide bonds. The molecule has 1 N–H and O–H groups in total. The number of rotatable bonds is 9. The zero-order valence-electron chi connectivity index (χ0n) is 16.4. The van der Waals surface area contributed by atoms with E-state index in [1.54, 1.807) is 0 Å². The van der Waals surface area contributed by atoms with Gasteiger partial charge in [-0.15, -0.1) is 0 Å². The number of carbonyl (C=O) groups excluding carboxylic acids is 2. The van der Waals surface area contributed by atoms with Crippen LogP contribution in [0.1, 0.15) is 15.9 Å². The van der Waals surface area contributed by atoms with Gasteiger partial charge in [0.05, 0.1) is 22.7 Å². The molecule has 0 aliphatic rings. The molecule has 0 fully saturated rings. The van der Waals surface area contributed by atoms with Gasteiger partial charge in [0.1, 0.15) is 12.4 Å². The fourth-order valence-corrected chi connectivity index (χ4v) is 4.30. The lowest BCUT2D eigenvalue weighted by Crippen LogP contribution is -2.42. The van der Waals surface area contributed by atoms with Crippen LogP contribution in [-0.2, 0) is 29.8 Å². The van der Waals surface area contributed by atoms with Crippen molar-refractivity contribution in [2.45, 2.75) is 12.4 Å². The van der Waals surface area contributed by atoms with Gasteiger partial charge in [-0.2, -0.15) is 0 Å².